The van der Waals surface area contributed by atoms with Crippen molar-refractivity contribution in [3.63, 3.8) is 0 Å². The minimum absolute atomic E-state index is 0.0336. The Morgan fingerprint density at radius 2 is 2.06 bits per heavy atom. The molecular formula is C11H22N2O3. The van der Waals surface area contributed by atoms with Gasteiger partial charge < -0.3 is 20.1 Å². The Kier molecular flexibility index (Phi) is 5.73. The second-order valence-corrected chi connectivity index (χ2v) is 4.14. The second kappa shape index (κ2) is 6.83. The van der Waals surface area contributed by atoms with Gasteiger partial charge in [0.15, 0.2) is 6.29 Å². The summed E-state index contributed by atoms with van der Waals surface area (Å²) in [4.78, 5) is 11.9. The van der Waals surface area contributed by atoms with E-state index in [1.165, 1.54) is 0 Å². The van der Waals surface area contributed by atoms with Gasteiger partial charge in [0.2, 0.25) is 5.91 Å². The van der Waals surface area contributed by atoms with Crippen molar-refractivity contribution in [2.75, 3.05) is 20.8 Å². The first-order valence-electron chi connectivity index (χ1n) is 5.78. The number of hydrogen-bond donors (Lipinski definition) is 2. The molecule has 0 aromatic rings. The van der Waals surface area contributed by atoms with Crippen molar-refractivity contribution in [3.05, 3.63) is 0 Å². The fraction of sp³-hybridized carbons (Fsp3) is 0.909. The van der Waals surface area contributed by atoms with Gasteiger partial charge in [-0.15, -0.1) is 0 Å². The van der Waals surface area contributed by atoms with E-state index in [0.717, 1.165) is 25.8 Å². The molecule has 0 aliphatic carbocycles. The van der Waals surface area contributed by atoms with Crippen LogP contribution < -0.4 is 10.6 Å². The summed E-state index contributed by atoms with van der Waals surface area (Å²) < 4.78 is 10.2. The van der Waals surface area contributed by atoms with Crippen LogP contribution in [-0.2, 0) is 14.3 Å². The molecule has 94 valence electrons. The van der Waals surface area contributed by atoms with Gasteiger partial charge in [-0.05, 0) is 26.3 Å². The number of piperidine rings is 1. The smallest absolute Gasteiger partial charge is 0.237 e. The van der Waals surface area contributed by atoms with Crippen molar-refractivity contribution < 1.29 is 14.3 Å². The topological polar surface area (TPSA) is 59.6 Å². The van der Waals surface area contributed by atoms with E-state index in [0.29, 0.717) is 0 Å². The molecule has 1 saturated heterocycles. The molecule has 0 spiro atoms. The van der Waals surface area contributed by atoms with E-state index in [1.54, 1.807) is 14.2 Å². The number of rotatable bonds is 5. The van der Waals surface area contributed by atoms with E-state index in [1.807, 2.05) is 6.92 Å². The van der Waals surface area contributed by atoms with E-state index in [2.05, 4.69) is 10.6 Å². The normalized spacial score (nSPS) is 23.1. The molecule has 0 radical (unpaired) electrons. The molecule has 5 nitrogen and oxygen atoms in total. The second-order valence-electron chi connectivity index (χ2n) is 4.14. The summed E-state index contributed by atoms with van der Waals surface area (Å²) in [6.45, 7) is 2.79. The molecule has 1 rings (SSSR count). The maximum atomic E-state index is 11.9. The summed E-state index contributed by atoms with van der Waals surface area (Å²) in [6.07, 6.45) is 2.77. The molecule has 1 fully saturated rings. The summed E-state index contributed by atoms with van der Waals surface area (Å²) in [6, 6.07) is -0.211. The summed E-state index contributed by atoms with van der Waals surface area (Å²) >= 11 is 0. The fourth-order valence-corrected chi connectivity index (χ4v) is 1.97. The van der Waals surface area contributed by atoms with E-state index in [-0.39, 0.29) is 18.0 Å². The van der Waals surface area contributed by atoms with Crippen LogP contribution in [0.1, 0.15) is 26.2 Å². The Hall–Kier alpha value is -0.650. The van der Waals surface area contributed by atoms with Gasteiger partial charge in [0, 0.05) is 14.2 Å². The number of methoxy groups -OCH3 is 2. The standard InChI is InChI=1S/C11H22N2O3/c1-8(11(15-2)16-3)13-10(14)9-6-4-5-7-12-9/h8-9,11-12H,4-7H2,1-3H3,(H,13,14). The third-order valence-corrected chi connectivity index (χ3v) is 2.87. The van der Waals surface area contributed by atoms with Gasteiger partial charge >= 0.3 is 0 Å². The highest BCUT2D eigenvalue weighted by Gasteiger charge is 2.24. The van der Waals surface area contributed by atoms with Crippen molar-refractivity contribution in [3.8, 4) is 0 Å². The summed E-state index contributed by atoms with van der Waals surface area (Å²) in [5, 5.41) is 6.11. The van der Waals surface area contributed by atoms with Crippen molar-refractivity contribution >= 4 is 5.91 Å². The average Bonchev–Trinajstić information content (AvgIpc) is 2.31. The number of nitrogens with one attached hydrogen (secondary N) is 2. The molecular weight excluding hydrogens is 208 g/mol. The van der Waals surface area contributed by atoms with Crippen LogP contribution in [0.5, 0.6) is 0 Å². The number of carbonyl (C=O) groups excluding carboxylic acids is 1. The van der Waals surface area contributed by atoms with Crippen molar-refractivity contribution in [1.82, 2.24) is 10.6 Å². The Morgan fingerprint density at radius 1 is 1.38 bits per heavy atom. The molecule has 1 amide bonds. The molecule has 1 aliphatic heterocycles. The monoisotopic (exact) mass is 230 g/mol. The van der Waals surface area contributed by atoms with Crippen LogP contribution in [0.3, 0.4) is 0 Å². The minimum Gasteiger partial charge on any atom is -0.354 e. The van der Waals surface area contributed by atoms with Crippen LogP contribution >= 0.6 is 0 Å². The zero-order chi connectivity index (χ0) is 12.0. The molecule has 1 heterocycles. The fourth-order valence-electron chi connectivity index (χ4n) is 1.97. The highest BCUT2D eigenvalue weighted by molar-refractivity contribution is 5.82. The summed E-state index contributed by atoms with van der Waals surface area (Å²) in [7, 11) is 3.13. The maximum absolute atomic E-state index is 11.9. The number of hydrogen-bond acceptors (Lipinski definition) is 4. The minimum atomic E-state index is -0.396. The third-order valence-electron chi connectivity index (χ3n) is 2.87. The van der Waals surface area contributed by atoms with Gasteiger partial charge in [-0.1, -0.05) is 6.42 Å². The quantitative estimate of drug-likeness (QED) is 0.665. The van der Waals surface area contributed by atoms with Crippen LogP contribution in [0.2, 0.25) is 0 Å². The molecule has 0 saturated carbocycles. The SMILES string of the molecule is COC(OC)C(C)NC(=O)C1CCCCN1. The van der Waals surface area contributed by atoms with E-state index >= 15 is 0 Å². The predicted octanol–water partition coefficient (Wildman–Crippen LogP) is 0.252. The lowest BCUT2D eigenvalue weighted by Gasteiger charge is -2.27. The van der Waals surface area contributed by atoms with Crippen molar-refractivity contribution in [1.29, 1.82) is 0 Å². The van der Waals surface area contributed by atoms with E-state index in [9.17, 15) is 4.79 Å². The molecule has 1 aliphatic rings. The first-order valence-corrected chi connectivity index (χ1v) is 5.78. The van der Waals surface area contributed by atoms with Crippen molar-refractivity contribution in [2.45, 2.75) is 44.6 Å². The lowest BCUT2D eigenvalue weighted by atomic mass is 10.0. The lowest BCUT2D eigenvalue weighted by Crippen LogP contribution is -2.52. The number of carbonyl (C=O) groups is 1. The first-order chi connectivity index (χ1) is 7.69. The molecule has 0 aromatic carbocycles. The van der Waals surface area contributed by atoms with Gasteiger partial charge in [-0.25, -0.2) is 0 Å². The van der Waals surface area contributed by atoms with Crippen molar-refractivity contribution in [2.24, 2.45) is 0 Å². The average molecular weight is 230 g/mol. The van der Waals surface area contributed by atoms with Gasteiger partial charge in [0.1, 0.15) is 0 Å². The highest BCUT2D eigenvalue weighted by Crippen LogP contribution is 2.08. The third kappa shape index (κ3) is 3.73. The number of amides is 1. The Morgan fingerprint density at radius 3 is 2.56 bits per heavy atom. The lowest BCUT2D eigenvalue weighted by molar-refractivity contribution is -0.137. The molecule has 16 heavy (non-hydrogen) atoms. The highest BCUT2D eigenvalue weighted by atomic mass is 16.7. The first kappa shape index (κ1) is 13.4. The van der Waals surface area contributed by atoms with Crippen LogP contribution in [-0.4, -0.2) is 45.0 Å². The molecule has 0 bridgehead atoms. The van der Waals surface area contributed by atoms with E-state index in [4.69, 9.17) is 9.47 Å². The van der Waals surface area contributed by atoms with Crippen LogP contribution in [0.15, 0.2) is 0 Å². The Balaban J connectivity index is 2.37. The Bertz CT molecular complexity index is 213. The van der Waals surface area contributed by atoms with Gasteiger partial charge in [-0.2, -0.15) is 0 Å². The predicted molar refractivity (Wildman–Crippen MR) is 61.1 cm³/mol. The van der Waals surface area contributed by atoms with Gasteiger partial charge in [0.05, 0.1) is 12.1 Å². The van der Waals surface area contributed by atoms with E-state index < -0.39 is 6.29 Å². The van der Waals surface area contributed by atoms with Crippen LogP contribution in [0, 0.1) is 0 Å². The maximum Gasteiger partial charge on any atom is 0.237 e. The zero-order valence-electron chi connectivity index (χ0n) is 10.3. The number of ether oxygens (including phenoxy) is 2. The molecule has 2 N–H and O–H groups in total. The molecule has 5 heteroatoms. The molecule has 2 unspecified atom stereocenters. The van der Waals surface area contributed by atoms with Crippen LogP contribution in [0.25, 0.3) is 0 Å². The van der Waals surface area contributed by atoms with Gasteiger partial charge in [0.25, 0.3) is 0 Å². The largest absolute Gasteiger partial charge is 0.354 e. The molecule has 0 aromatic heterocycles. The summed E-state index contributed by atoms with van der Waals surface area (Å²) in [5.74, 6) is 0.0336. The molecule has 2 atom stereocenters. The zero-order valence-corrected chi connectivity index (χ0v) is 10.3. The van der Waals surface area contributed by atoms with Crippen LogP contribution in [0.4, 0.5) is 0 Å². The summed E-state index contributed by atoms with van der Waals surface area (Å²) in [5.41, 5.74) is 0. The Labute approximate surface area is 96.9 Å². The van der Waals surface area contributed by atoms with Gasteiger partial charge in [-0.3, -0.25) is 4.79 Å².